The molecule has 9 aromatic carbocycles. The Hall–Kier alpha value is -6.48. The van der Waals surface area contributed by atoms with E-state index in [0.717, 1.165) is 17.1 Å². The molecule has 0 saturated heterocycles. The van der Waals surface area contributed by atoms with Crippen LogP contribution in [0.15, 0.2) is 200 Å². The van der Waals surface area contributed by atoms with Crippen molar-refractivity contribution in [3.05, 3.63) is 200 Å². The van der Waals surface area contributed by atoms with Gasteiger partial charge in [-0.25, -0.2) is 0 Å². The summed E-state index contributed by atoms with van der Waals surface area (Å²) in [6.07, 6.45) is 0. The predicted octanol–water partition coefficient (Wildman–Crippen LogP) is 14.8. The number of nitrogens with zero attached hydrogens (tertiary/aromatic N) is 1. The number of para-hydroxylation sites is 1. The van der Waals surface area contributed by atoms with Crippen LogP contribution in [0.2, 0.25) is 0 Å². The standard InChI is InChI=1S/C50H33NS/c1-3-9-34(10-4-1)37-17-15-36-16-18-39(31-43(36)30-37)38-19-20-41-32-46(27-23-40(41)29-38)51(44-11-5-2-6-12-44)45-25-21-35(22-26-45)42-24-28-48-47-13-7-8-14-49(47)52-50(48)33-42/h1-33H. The lowest BCUT2D eigenvalue weighted by Crippen LogP contribution is -2.09. The van der Waals surface area contributed by atoms with Gasteiger partial charge in [-0.2, -0.15) is 0 Å². The number of benzene rings is 9. The van der Waals surface area contributed by atoms with Gasteiger partial charge in [-0.05, 0) is 122 Å². The Morgan fingerprint density at radius 2 is 0.750 bits per heavy atom. The molecule has 2 heteroatoms. The van der Waals surface area contributed by atoms with Gasteiger partial charge in [0.2, 0.25) is 0 Å². The summed E-state index contributed by atoms with van der Waals surface area (Å²) in [5.41, 5.74) is 10.8. The zero-order chi connectivity index (χ0) is 34.4. The Morgan fingerprint density at radius 1 is 0.269 bits per heavy atom. The molecule has 0 radical (unpaired) electrons. The van der Waals surface area contributed by atoms with Gasteiger partial charge in [0.15, 0.2) is 0 Å². The Morgan fingerprint density at radius 3 is 1.52 bits per heavy atom. The first kappa shape index (κ1) is 30.4. The maximum atomic E-state index is 2.35. The fourth-order valence-corrected chi connectivity index (χ4v) is 8.67. The summed E-state index contributed by atoms with van der Waals surface area (Å²) in [6.45, 7) is 0. The van der Waals surface area contributed by atoms with Gasteiger partial charge in [0, 0.05) is 37.2 Å². The molecule has 0 fully saturated rings. The van der Waals surface area contributed by atoms with E-state index in [1.807, 2.05) is 11.3 Å². The highest BCUT2D eigenvalue weighted by atomic mass is 32.1. The predicted molar refractivity (Wildman–Crippen MR) is 225 cm³/mol. The molecule has 0 saturated carbocycles. The smallest absolute Gasteiger partial charge is 0.0468 e. The number of anilines is 3. The Bertz CT molecular complexity index is 2890. The molecule has 10 aromatic rings. The van der Waals surface area contributed by atoms with Gasteiger partial charge in [-0.15, -0.1) is 11.3 Å². The first-order valence-corrected chi connectivity index (χ1v) is 18.6. The molecule has 0 amide bonds. The molecular formula is C50H33NS. The van der Waals surface area contributed by atoms with E-state index in [0.29, 0.717) is 0 Å². The molecule has 52 heavy (non-hydrogen) atoms. The molecule has 0 bridgehead atoms. The van der Waals surface area contributed by atoms with E-state index in [2.05, 4.69) is 205 Å². The third-order valence-corrected chi connectivity index (χ3v) is 11.3. The zero-order valence-corrected chi connectivity index (χ0v) is 29.2. The molecule has 1 aromatic heterocycles. The van der Waals surface area contributed by atoms with Crippen molar-refractivity contribution in [1.29, 1.82) is 0 Å². The Balaban J connectivity index is 0.981. The van der Waals surface area contributed by atoms with Crippen molar-refractivity contribution < 1.29 is 0 Å². The minimum atomic E-state index is 1.12. The number of rotatable bonds is 6. The number of fused-ring (bicyclic) bond motifs is 5. The van der Waals surface area contributed by atoms with Gasteiger partial charge in [0.1, 0.15) is 0 Å². The van der Waals surface area contributed by atoms with Crippen LogP contribution in [0.5, 0.6) is 0 Å². The second-order valence-electron chi connectivity index (χ2n) is 13.4. The quantitative estimate of drug-likeness (QED) is 0.169. The van der Waals surface area contributed by atoms with Gasteiger partial charge in [0.25, 0.3) is 0 Å². The monoisotopic (exact) mass is 679 g/mol. The van der Waals surface area contributed by atoms with Crippen molar-refractivity contribution in [1.82, 2.24) is 0 Å². The highest BCUT2D eigenvalue weighted by molar-refractivity contribution is 7.25. The largest absolute Gasteiger partial charge is 0.310 e. The average Bonchev–Trinajstić information content (AvgIpc) is 3.59. The summed E-state index contributed by atoms with van der Waals surface area (Å²) >= 11 is 1.87. The average molecular weight is 680 g/mol. The van der Waals surface area contributed by atoms with E-state index in [-0.39, 0.29) is 0 Å². The molecule has 0 unspecified atom stereocenters. The van der Waals surface area contributed by atoms with E-state index in [1.54, 1.807) is 0 Å². The fourth-order valence-electron chi connectivity index (χ4n) is 7.52. The summed E-state index contributed by atoms with van der Waals surface area (Å²) in [7, 11) is 0. The summed E-state index contributed by atoms with van der Waals surface area (Å²) < 4.78 is 2.66. The van der Waals surface area contributed by atoms with Crippen LogP contribution >= 0.6 is 11.3 Å². The van der Waals surface area contributed by atoms with Crippen LogP contribution in [0.25, 0.3) is 75.1 Å². The van der Waals surface area contributed by atoms with Gasteiger partial charge >= 0.3 is 0 Å². The third-order valence-electron chi connectivity index (χ3n) is 10.2. The summed E-state index contributed by atoms with van der Waals surface area (Å²) in [4.78, 5) is 2.35. The van der Waals surface area contributed by atoms with Crippen LogP contribution in [0.3, 0.4) is 0 Å². The molecule has 1 nitrogen and oxygen atoms in total. The zero-order valence-electron chi connectivity index (χ0n) is 28.4. The van der Waals surface area contributed by atoms with Gasteiger partial charge < -0.3 is 4.90 Å². The molecule has 0 atom stereocenters. The lowest BCUT2D eigenvalue weighted by molar-refractivity contribution is 1.29. The summed E-state index contributed by atoms with van der Waals surface area (Å²) in [5, 5.41) is 7.59. The molecule has 244 valence electrons. The molecule has 0 spiro atoms. The van der Waals surface area contributed by atoms with Gasteiger partial charge in [0.05, 0.1) is 0 Å². The lowest BCUT2D eigenvalue weighted by atomic mass is 9.96. The molecule has 0 aliphatic heterocycles. The van der Waals surface area contributed by atoms with Crippen LogP contribution in [0, 0.1) is 0 Å². The van der Waals surface area contributed by atoms with Crippen molar-refractivity contribution in [2.45, 2.75) is 0 Å². The molecule has 0 aliphatic rings. The van der Waals surface area contributed by atoms with Crippen molar-refractivity contribution in [3.8, 4) is 33.4 Å². The molecular weight excluding hydrogens is 647 g/mol. The van der Waals surface area contributed by atoms with E-state index in [9.17, 15) is 0 Å². The number of hydrogen-bond acceptors (Lipinski definition) is 2. The topological polar surface area (TPSA) is 3.24 Å². The van der Waals surface area contributed by atoms with Gasteiger partial charge in [-0.3, -0.25) is 0 Å². The van der Waals surface area contributed by atoms with E-state index in [1.165, 1.54) is 75.1 Å². The maximum Gasteiger partial charge on any atom is 0.0468 e. The lowest BCUT2D eigenvalue weighted by Gasteiger charge is -2.26. The third kappa shape index (κ3) is 5.51. The molecule has 0 N–H and O–H groups in total. The summed E-state index contributed by atoms with van der Waals surface area (Å²) in [5.74, 6) is 0. The van der Waals surface area contributed by atoms with Crippen molar-refractivity contribution >= 4 is 70.1 Å². The number of hydrogen-bond donors (Lipinski definition) is 0. The van der Waals surface area contributed by atoms with Gasteiger partial charge in [-0.1, -0.05) is 133 Å². The highest BCUT2D eigenvalue weighted by Gasteiger charge is 2.14. The number of thiophene rings is 1. The second kappa shape index (κ2) is 12.7. The van der Waals surface area contributed by atoms with Crippen molar-refractivity contribution in [2.75, 3.05) is 4.90 Å². The van der Waals surface area contributed by atoms with Crippen LogP contribution in [-0.4, -0.2) is 0 Å². The SMILES string of the molecule is c1ccc(-c2ccc3ccc(-c4ccc5cc(N(c6ccccc6)c6ccc(-c7ccc8c(c7)sc7ccccc78)cc6)ccc5c4)cc3c2)cc1. The molecule has 10 rings (SSSR count). The van der Waals surface area contributed by atoms with Crippen molar-refractivity contribution in [2.24, 2.45) is 0 Å². The fraction of sp³-hybridized carbons (Fsp3) is 0. The van der Waals surface area contributed by atoms with Crippen LogP contribution in [0.1, 0.15) is 0 Å². The molecule has 0 aliphatic carbocycles. The first-order valence-electron chi connectivity index (χ1n) is 17.7. The Labute approximate surface area is 307 Å². The molecule has 1 heterocycles. The summed E-state index contributed by atoms with van der Waals surface area (Å²) in [6, 6.07) is 72.9. The van der Waals surface area contributed by atoms with Crippen LogP contribution in [0.4, 0.5) is 17.1 Å². The first-order chi connectivity index (χ1) is 25.7. The minimum absolute atomic E-state index is 1.12. The minimum Gasteiger partial charge on any atom is -0.310 e. The van der Waals surface area contributed by atoms with E-state index in [4.69, 9.17) is 0 Å². The maximum absolute atomic E-state index is 2.35. The van der Waals surface area contributed by atoms with Crippen LogP contribution < -0.4 is 4.90 Å². The Kier molecular flexibility index (Phi) is 7.41. The normalized spacial score (nSPS) is 11.5. The van der Waals surface area contributed by atoms with E-state index >= 15 is 0 Å². The van der Waals surface area contributed by atoms with E-state index < -0.39 is 0 Å². The highest BCUT2D eigenvalue weighted by Crippen LogP contribution is 2.40. The van der Waals surface area contributed by atoms with Crippen LogP contribution in [-0.2, 0) is 0 Å². The second-order valence-corrected chi connectivity index (χ2v) is 14.5. The van der Waals surface area contributed by atoms with Crippen molar-refractivity contribution in [3.63, 3.8) is 0 Å².